The number of aromatic nitrogens is 1. The van der Waals surface area contributed by atoms with Crippen LogP contribution in [0.5, 0.6) is 0 Å². The topological polar surface area (TPSA) is 71.1 Å². The molecule has 2 aromatic carbocycles. The normalized spacial score (nSPS) is 10.4. The second kappa shape index (κ2) is 9.09. The first-order chi connectivity index (χ1) is 13.1. The summed E-state index contributed by atoms with van der Waals surface area (Å²) in [6, 6.07) is 17.0. The number of thiazole rings is 1. The van der Waals surface area contributed by atoms with Gasteiger partial charge in [-0.15, -0.1) is 11.3 Å². The van der Waals surface area contributed by atoms with Gasteiger partial charge in [0.2, 0.25) is 5.91 Å². The van der Waals surface area contributed by atoms with Crippen LogP contribution >= 0.6 is 11.3 Å². The number of nitrogens with zero attached hydrogens (tertiary/aromatic N) is 1. The molecule has 0 aliphatic heterocycles. The van der Waals surface area contributed by atoms with Gasteiger partial charge in [0.25, 0.3) is 5.91 Å². The predicted octanol–water partition coefficient (Wildman–Crippen LogP) is 3.21. The molecule has 3 aromatic rings. The van der Waals surface area contributed by atoms with Crippen molar-refractivity contribution in [1.82, 2.24) is 15.6 Å². The average molecular weight is 379 g/mol. The zero-order chi connectivity index (χ0) is 19.1. The summed E-state index contributed by atoms with van der Waals surface area (Å²) in [5, 5.41) is 8.54. The smallest absolute Gasteiger partial charge is 0.251 e. The standard InChI is InChI=1S/C21H21N3O2S/c1-15-24-19(14-27-15)17-9-7-16(8-10-17)11-12-22-20(25)13-23-21(26)18-5-3-2-4-6-18/h2-10,14H,11-13H2,1H3,(H,22,25)(H,23,26). The Hall–Kier alpha value is -2.99. The zero-order valence-electron chi connectivity index (χ0n) is 15.1. The van der Waals surface area contributed by atoms with E-state index in [2.05, 4.69) is 15.6 Å². The summed E-state index contributed by atoms with van der Waals surface area (Å²) < 4.78 is 0. The molecule has 0 saturated heterocycles. The molecule has 3 rings (SSSR count). The first kappa shape index (κ1) is 18.8. The van der Waals surface area contributed by atoms with Gasteiger partial charge in [-0.25, -0.2) is 4.98 Å². The predicted molar refractivity (Wildman–Crippen MR) is 108 cm³/mol. The number of carbonyl (C=O) groups excluding carboxylic acids is 2. The van der Waals surface area contributed by atoms with E-state index in [9.17, 15) is 9.59 Å². The number of aryl methyl sites for hydroxylation is 1. The Morgan fingerprint density at radius 1 is 1.00 bits per heavy atom. The van der Waals surface area contributed by atoms with Gasteiger partial charge < -0.3 is 10.6 Å². The van der Waals surface area contributed by atoms with Crippen LogP contribution < -0.4 is 10.6 Å². The van der Waals surface area contributed by atoms with E-state index in [0.717, 1.165) is 28.2 Å². The minimum atomic E-state index is -0.251. The monoisotopic (exact) mass is 379 g/mol. The zero-order valence-corrected chi connectivity index (χ0v) is 15.9. The van der Waals surface area contributed by atoms with Crippen molar-refractivity contribution in [3.63, 3.8) is 0 Å². The molecule has 138 valence electrons. The third-order valence-corrected chi connectivity index (χ3v) is 4.82. The van der Waals surface area contributed by atoms with E-state index in [1.807, 2.05) is 42.6 Å². The van der Waals surface area contributed by atoms with Crippen molar-refractivity contribution in [3.05, 3.63) is 76.1 Å². The molecule has 0 saturated carbocycles. The van der Waals surface area contributed by atoms with E-state index in [4.69, 9.17) is 0 Å². The minimum absolute atomic E-state index is 0.0319. The molecule has 27 heavy (non-hydrogen) atoms. The summed E-state index contributed by atoms with van der Waals surface area (Å²) in [4.78, 5) is 28.3. The lowest BCUT2D eigenvalue weighted by atomic mass is 10.1. The van der Waals surface area contributed by atoms with Crippen LogP contribution in [-0.2, 0) is 11.2 Å². The van der Waals surface area contributed by atoms with Gasteiger partial charge in [0.1, 0.15) is 0 Å². The van der Waals surface area contributed by atoms with Crippen molar-refractivity contribution in [3.8, 4) is 11.3 Å². The molecule has 1 heterocycles. The van der Waals surface area contributed by atoms with Gasteiger partial charge in [-0.2, -0.15) is 0 Å². The quantitative estimate of drug-likeness (QED) is 0.662. The van der Waals surface area contributed by atoms with Crippen LogP contribution in [0, 0.1) is 6.92 Å². The summed E-state index contributed by atoms with van der Waals surface area (Å²) in [7, 11) is 0. The van der Waals surface area contributed by atoms with Crippen molar-refractivity contribution in [2.75, 3.05) is 13.1 Å². The lowest BCUT2D eigenvalue weighted by Gasteiger charge is -2.07. The van der Waals surface area contributed by atoms with E-state index in [1.165, 1.54) is 0 Å². The number of benzene rings is 2. The van der Waals surface area contributed by atoms with Crippen LogP contribution in [0.2, 0.25) is 0 Å². The second-order valence-electron chi connectivity index (χ2n) is 6.10. The van der Waals surface area contributed by atoms with Crippen molar-refractivity contribution in [2.24, 2.45) is 0 Å². The van der Waals surface area contributed by atoms with Crippen molar-refractivity contribution in [1.29, 1.82) is 0 Å². The lowest BCUT2D eigenvalue weighted by Crippen LogP contribution is -2.37. The number of hydrogen-bond donors (Lipinski definition) is 2. The fourth-order valence-electron chi connectivity index (χ4n) is 2.60. The van der Waals surface area contributed by atoms with E-state index in [-0.39, 0.29) is 18.4 Å². The molecule has 0 atom stereocenters. The van der Waals surface area contributed by atoms with Crippen LogP contribution in [0.4, 0.5) is 0 Å². The van der Waals surface area contributed by atoms with Crippen LogP contribution in [0.15, 0.2) is 60.0 Å². The highest BCUT2D eigenvalue weighted by atomic mass is 32.1. The maximum atomic E-state index is 11.9. The van der Waals surface area contributed by atoms with Gasteiger partial charge in [-0.1, -0.05) is 42.5 Å². The highest BCUT2D eigenvalue weighted by molar-refractivity contribution is 7.09. The van der Waals surface area contributed by atoms with Crippen molar-refractivity contribution >= 4 is 23.2 Å². The van der Waals surface area contributed by atoms with Gasteiger partial charge in [-0.05, 0) is 31.0 Å². The molecule has 0 fully saturated rings. The van der Waals surface area contributed by atoms with E-state index in [0.29, 0.717) is 12.1 Å². The maximum absolute atomic E-state index is 11.9. The summed E-state index contributed by atoms with van der Waals surface area (Å²) >= 11 is 1.64. The van der Waals surface area contributed by atoms with E-state index < -0.39 is 0 Å². The first-order valence-corrected chi connectivity index (χ1v) is 9.61. The van der Waals surface area contributed by atoms with Crippen LogP contribution in [0.3, 0.4) is 0 Å². The fourth-order valence-corrected chi connectivity index (χ4v) is 3.22. The molecule has 1 aromatic heterocycles. The number of nitrogens with one attached hydrogen (secondary N) is 2. The third-order valence-electron chi connectivity index (χ3n) is 4.05. The molecule has 2 amide bonds. The minimum Gasteiger partial charge on any atom is -0.354 e. The summed E-state index contributed by atoms with van der Waals surface area (Å²) in [5.41, 5.74) is 3.77. The first-order valence-electron chi connectivity index (χ1n) is 8.73. The molecular formula is C21H21N3O2S. The van der Waals surface area contributed by atoms with Gasteiger partial charge >= 0.3 is 0 Å². The molecule has 6 heteroatoms. The Morgan fingerprint density at radius 2 is 1.74 bits per heavy atom. The highest BCUT2D eigenvalue weighted by Crippen LogP contribution is 2.21. The second-order valence-corrected chi connectivity index (χ2v) is 7.16. The Labute approximate surface area is 162 Å². The van der Waals surface area contributed by atoms with Gasteiger partial charge in [0.05, 0.1) is 17.2 Å². The molecule has 0 aliphatic rings. The number of hydrogen-bond acceptors (Lipinski definition) is 4. The molecule has 0 spiro atoms. The van der Waals surface area contributed by atoms with Crippen LogP contribution in [0.1, 0.15) is 20.9 Å². The number of rotatable bonds is 7. The Kier molecular flexibility index (Phi) is 6.33. The number of carbonyl (C=O) groups is 2. The lowest BCUT2D eigenvalue weighted by molar-refractivity contribution is -0.120. The largest absolute Gasteiger partial charge is 0.354 e. The van der Waals surface area contributed by atoms with E-state index >= 15 is 0 Å². The highest BCUT2D eigenvalue weighted by Gasteiger charge is 2.07. The summed E-state index contributed by atoms with van der Waals surface area (Å²) in [6.07, 6.45) is 0.731. The Morgan fingerprint density at radius 3 is 2.41 bits per heavy atom. The molecular weight excluding hydrogens is 358 g/mol. The summed E-state index contributed by atoms with van der Waals surface area (Å²) in [6.45, 7) is 2.48. The Bertz CT molecular complexity index is 905. The fraction of sp³-hybridized carbons (Fsp3) is 0.190. The third kappa shape index (κ3) is 5.49. The van der Waals surface area contributed by atoms with Crippen molar-refractivity contribution < 1.29 is 9.59 Å². The van der Waals surface area contributed by atoms with Crippen LogP contribution in [0.25, 0.3) is 11.3 Å². The van der Waals surface area contributed by atoms with Gasteiger partial charge in [-0.3, -0.25) is 9.59 Å². The van der Waals surface area contributed by atoms with Crippen molar-refractivity contribution in [2.45, 2.75) is 13.3 Å². The average Bonchev–Trinajstić information content (AvgIpc) is 3.13. The van der Waals surface area contributed by atoms with E-state index in [1.54, 1.807) is 35.6 Å². The van der Waals surface area contributed by atoms with Crippen LogP contribution in [-0.4, -0.2) is 29.9 Å². The van der Waals surface area contributed by atoms with Gasteiger partial charge in [0, 0.05) is 23.1 Å². The van der Waals surface area contributed by atoms with Gasteiger partial charge in [0.15, 0.2) is 0 Å². The number of amides is 2. The maximum Gasteiger partial charge on any atom is 0.251 e. The Balaban J connectivity index is 1.40. The molecule has 0 unspecified atom stereocenters. The molecule has 0 radical (unpaired) electrons. The molecule has 5 nitrogen and oxygen atoms in total. The molecule has 0 bridgehead atoms. The molecule has 2 N–H and O–H groups in total. The summed E-state index contributed by atoms with van der Waals surface area (Å²) in [5.74, 6) is -0.451. The molecule has 0 aliphatic carbocycles. The SMILES string of the molecule is Cc1nc(-c2ccc(CCNC(=O)CNC(=O)c3ccccc3)cc2)cs1.